The van der Waals surface area contributed by atoms with Gasteiger partial charge in [-0.3, -0.25) is 0 Å². The third-order valence-electron chi connectivity index (χ3n) is 2.46. The first kappa shape index (κ1) is 26.8. The second kappa shape index (κ2) is 18.9. The molecule has 0 unspecified atom stereocenters. The average Bonchev–Trinajstić information content (AvgIpc) is 2.56. The maximum absolute atomic E-state index is 4.03. The molecule has 0 saturated heterocycles. The minimum Gasteiger partial charge on any atom is -0.0860 e. The highest BCUT2D eigenvalue weighted by Crippen LogP contribution is 2.29. The fourth-order valence-corrected chi connectivity index (χ4v) is 2.08. The van der Waals surface area contributed by atoms with Gasteiger partial charge in [-0.1, -0.05) is 102 Å². The Morgan fingerprint density at radius 2 is 1.57 bits per heavy atom. The highest BCUT2D eigenvalue weighted by molar-refractivity contribution is 8.07. The van der Waals surface area contributed by atoms with Gasteiger partial charge >= 0.3 is 0 Å². The maximum Gasteiger partial charge on any atom is 0.0550 e. The summed E-state index contributed by atoms with van der Waals surface area (Å²) in [5.41, 5.74) is 2.44. The Morgan fingerprint density at radius 1 is 1.04 bits per heavy atom. The van der Waals surface area contributed by atoms with E-state index in [1.165, 1.54) is 10.5 Å². The lowest BCUT2D eigenvalue weighted by Crippen LogP contribution is -1.88. The van der Waals surface area contributed by atoms with Gasteiger partial charge in [0.25, 0.3) is 0 Å². The zero-order chi connectivity index (χ0) is 18.8. The molecular formula is C22H38S. The van der Waals surface area contributed by atoms with Gasteiger partial charge in [0.05, 0.1) is 4.91 Å². The zero-order valence-electron chi connectivity index (χ0n) is 17.1. The van der Waals surface area contributed by atoms with Crippen molar-refractivity contribution in [2.45, 2.75) is 75.7 Å². The summed E-state index contributed by atoms with van der Waals surface area (Å²) in [4.78, 5) is 2.24. The molecule has 0 aliphatic heterocycles. The van der Waals surface area contributed by atoms with Crippen LogP contribution >= 0.6 is 11.8 Å². The largest absolute Gasteiger partial charge is 0.0860 e. The normalized spacial score (nSPS) is 10.4. The predicted octanol–water partition coefficient (Wildman–Crippen LogP) is 8.15. The van der Waals surface area contributed by atoms with Crippen LogP contribution in [-0.4, -0.2) is 0 Å². The molecular weight excluding hydrogens is 296 g/mol. The van der Waals surface area contributed by atoms with Gasteiger partial charge in [0.2, 0.25) is 0 Å². The number of hydrogen-bond donors (Lipinski definition) is 0. The van der Waals surface area contributed by atoms with Crippen molar-refractivity contribution in [1.82, 2.24) is 0 Å². The van der Waals surface area contributed by atoms with Crippen LogP contribution in [0.3, 0.4) is 0 Å². The number of thioether (sulfide) groups is 1. The molecule has 0 aromatic heterocycles. The monoisotopic (exact) mass is 334 g/mol. The molecule has 1 heteroatoms. The van der Waals surface area contributed by atoms with Crippen molar-refractivity contribution in [2.75, 3.05) is 0 Å². The fourth-order valence-electron chi connectivity index (χ4n) is 1.34. The van der Waals surface area contributed by atoms with E-state index in [0.717, 1.165) is 16.9 Å². The molecule has 0 rings (SSSR count). The van der Waals surface area contributed by atoms with Crippen LogP contribution in [0.25, 0.3) is 0 Å². The number of hydrogen-bond acceptors (Lipinski definition) is 1. The molecule has 0 saturated carbocycles. The summed E-state index contributed by atoms with van der Waals surface area (Å²) in [6, 6.07) is 0. The van der Waals surface area contributed by atoms with Gasteiger partial charge in [0, 0.05) is 5.57 Å². The third kappa shape index (κ3) is 17.1. The summed E-state index contributed by atoms with van der Waals surface area (Å²) in [5.74, 6) is 6.90. The first-order valence-corrected chi connectivity index (χ1v) is 9.61. The van der Waals surface area contributed by atoms with Crippen LogP contribution in [0.2, 0.25) is 0 Å². The van der Waals surface area contributed by atoms with E-state index in [2.05, 4.69) is 78.2 Å². The molecule has 0 aliphatic rings. The average molecular weight is 335 g/mol. The zero-order valence-corrected chi connectivity index (χ0v) is 17.9. The molecule has 132 valence electrons. The summed E-state index contributed by atoms with van der Waals surface area (Å²) in [7, 11) is 0. The molecule has 0 heterocycles. The van der Waals surface area contributed by atoms with Crippen LogP contribution in [0.15, 0.2) is 45.8 Å². The maximum atomic E-state index is 4.03. The van der Waals surface area contributed by atoms with Crippen LogP contribution in [0.1, 0.15) is 75.7 Å². The molecule has 0 radical (unpaired) electrons. The summed E-state index contributed by atoms with van der Waals surface area (Å²) in [6.45, 7) is 24.8. The van der Waals surface area contributed by atoms with E-state index in [1.807, 2.05) is 27.7 Å². The highest BCUT2D eigenvalue weighted by Gasteiger charge is 2.03. The van der Waals surface area contributed by atoms with Gasteiger partial charge in [-0.15, -0.1) is 0 Å². The van der Waals surface area contributed by atoms with Crippen molar-refractivity contribution in [3.63, 3.8) is 0 Å². The topological polar surface area (TPSA) is 0 Å². The standard InChI is InChI=1S/C18H26S.2C2H6/c1-8-17(12-10-14(3)4)13-11-16(7)19-18(9-2)15(5)6;2*1-2/h9-10,12,15H,7-8H2,1-6H3;2*1-2H3/b17-12+,18-9-;;. The molecule has 0 aliphatic carbocycles. The van der Waals surface area contributed by atoms with E-state index >= 15 is 0 Å². The molecule has 0 spiro atoms. The summed E-state index contributed by atoms with van der Waals surface area (Å²) in [6.07, 6.45) is 7.30. The van der Waals surface area contributed by atoms with Crippen molar-refractivity contribution in [3.05, 3.63) is 45.8 Å². The minimum absolute atomic E-state index is 0.528. The lowest BCUT2D eigenvalue weighted by molar-refractivity contribution is 0.815. The SMILES string of the molecule is C=C(C#C/C(=C/C=C(C)C)CC)S/C(=C\C)C(C)C.CC.CC. The second-order valence-electron chi connectivity index (χ2n) is 4.91. The number of rotatable bonds is 5. The molecule has 0 aromatic carbocycles. The van der Waals surface area contributed by atoms with E-state index in [-0.39, 0.29) is 0 Å². The van der Waals surface area contributed by atoms with E-state index in [4.69, 9.17) is 0 Å². The molecule has 0 atom stereocenters. The van der Waals surface area contributed by atoms with Crippen molar-refractivity contribution in [3.8, 4) is 11.8 Å². The van der Waals surface area contributed by atoms with Gasteiger partial charge in [-0.2, -0.15) is 0 Å². The first-order valence-electron chi connectivity index (χ1n) is 8.79. The molecule has 0 aromatic rings. The Bertz CT molecular complexity index is 444. The molecule has 0 N–H and O–H groups in total. The Morgan fingerprint density at radius 3 is 1.91 bits per heavy atom. The van der Waals surface area contributed by atoms with Crippen LogP contribution in [0, 0.1) is 17.8 Å². The minimum atomic E-state index is 0.528. The summed E-state index contributed by atoms with van der Waals surface area (Å²) >= 11 is 1.68. The van der Waals surface area contributed by atoms with E-state index in [9.17, 15) is 0 Å². The van der Waals surface area contributed by atoms with E-state index in [0.29, 0.717) is 5.92 Å². The second-order valence-corrected chi connectivity index (χ2v) is 6.08. The van der Waals surface area contributed by atoms with Crippen molar-refractivity contribution in [2.24, 2.45) is 5.92 Å². The van der Waals surface area contributed by atoms with Crippen molar-refractivity contribution < 1.29 is 0 Å². The third-order valence-corrected chi connectivity index (χ3v) is 3.75. The Hall–Kier alpha value is -1.13. The highest BCUT2D eigenvalue weighted by atomic mass is 32.2. The van der Waals surface area contributed by atoms with Crippen molar-refractivity contribution in [1.29, 1.82) is 0 Å². The number of allylic oxidation sites excluding steroid dienone is 7. The smallest absolute Gasteiger partial charge is 0.0550 e. The van der Waals surface area contributed by atoms with E-state index in [1.54, 1.807) is 11.8 Å². The van der Waals surface area contributed by atoms with Gasteiger partial charge in [-0.05, 0) is 38.0 Å². The first-order chi connectivity index (χ1) is 10.9. The predicted molar refractivity (Wildman–Crippen MR) is 114 cm³/mol. The Balaban J connectivity index is -0.000000919. The molecule has 0 nitrogen and oxygen atoms in total. The molecule has 0 fully saturated rings. The van der Waals surface area contributed by atoms with Crippen molar-refractivity contribution >= 4 is 11.8 Å². The summed E-state index contributed by atoms with van der Waals surface area (Å²) in [5, 5.41) is 0. The lowest BCUT2D eigenvalue weighted by Gasteiger charge is -2.08. The Kier molecular flexibility index (Phi) is 22.0. The molecule has 0 amide bonds. The molecule has 23 heavy (non-hydrogen) atoms. The van der Waals surface area contributed by atoms with E-state index < -0.39 is 0 Å². The fraction of sp³-hybridized carbons (Fsp3) is 0.545. The Labute approximate surface area is 151 Å². The van der Waals surface area contributed by atoms with Crippen LogP contribution < -0.4 is 0 Å². The quantitative estimate of drug-likeness (QED) is 0.361. The van der Waals surface area contributed by atoms with Gasteiger partial charge in [0.15, 0.2) is 0 Å². The van der Waals surface area contributed by atoms with Crippen LogP contribution in [-0.2, 0) is 0 Å². The van der Waals surface area contributed by atoms with Gasteiger partial charge < -0.3 is 0 Å². The molecule has 0 bridgehead atoms. The lowest BCUT2D eigenvalue weighted by atomic mass is 10.1. The van der Waals surface area contributed by atoms with Gasteiger partial charge in [-0.25, -0.2) is 0 Å². The summed E-state index contributed by atoms with van der Waals surface area (Å²) < 4.78 is 0. The van der Waals surface area contributed by atoms with Crippen LogP contribution in [0.5, 0.6) is 0 Å². The van der Waals surface area contributed by atoms with Crippen LogP contribution in [0.4, 0.5) is 0 Å². The van der Waals surface area contributed by atoms with Gasteiger partial charge in [0.1, 0.15) is 0 Å².